The summed E-state index contributed by atoms with van der Waals surface area (Å²) in [7, 11) is 0. The summed E-state index contributed by atoms with van der Waals surface area (Å²) in [6, 6.07) is 8.99. The van der Waals surface area contributed by atoms with Crippen molar-refractivity contribution in [2.45, 2.75) is 65.0 Å². The molecule has 1 aliphatic heterocycles. The quantitative estimate of drug-likeness (QED) is 0.182. The van der Waals surface area contributed by atoms with Crippen LogP contribution in [0.4, 0.5) is 0 Å². The van der Waals surface area contributed by atoms with Crippen molar-refractivity contribution < 1.29 is 19.0 Å². The van der Waals surface area contributed by atoms with Gasteiger partial charge in [-0.2, -0.15) is 0 Å². The Morgan fingerprint density at radius 3 is 2.61 bits per heavy atom. The van der Waals surface area contributed by atoms with Crippen LogP contribution in [0.3, 0.4) is 0 Å². The number of ether oxygens (including phenoxy) is 3. The Bertz CT molecular complexity index is 648. The minimum atomic E-state index is -0.569. The topological polar surface area (TPSA) is 93.5 Å². The lowest BCUT2D eigenvalue weighted by atomic mass is 9.82. The first kappa shape index (κ1) is 22.2. The number of hydrogen-bond acceptors (Lipinski definition) is 5. The molecule has 2 unspecified atom stereocenters. The molecule has 2 rings (SSSR count). The second kappa shape index (κ2) is 11.7. The van der Waals surface area contributed by atoms with E-state index in [0.29, 0.717) is 18.7 Å². The first-order chi connectivity index (χ1) is 13.6. The highest BCUT2D eigenvalue weighted by Gasteiger charge is 2.43. The lowest BCUT2D eigenvalue weighted by molar-refractivity contribution is -0.269. The number of esters is 1. The molecule has 28 heavy (non-hydrogen) atoms. The van der Waals surface area contributed by atoms with E-state index in [2.05, 4.69) is 30.8 Å². The largest absolute Gasteiger partial charge is 0.453 e. The zero-order chi connectivity index (χ0) is 20.4. The molecule has 1 heterocycles. The van der Waals surface area contributed by atoms with Gasteiger partial charge in [-0.05, 0) is 42.8 Å². The molecule has 1 aromatic carbocycles. The average Bonchev–Trinajstić information content (AvgIpc) is 2.72. The molecule has 1 aliphatic rings. The fourth-order valence-electron chi connectivity index (χ4n) is 3.50. The van der Waals surface area contributed by atoms with Crippen LogP contribution in [0.15, 0.2) is 35.4 Å². The van der Waals surface area contributed by atoms with Gasteiger partial charge in [0.1, 0.15) is 0 Å². The third kappa shape index (κ3) is 6.23. The van der Waals surface area contributed by atoms with Crippen molar-refractivity contribution in [2.75, 3.05) is 13.2 Å². The van der Waals surface area contributed by atoms with Crippen LogP contribution >= 0.6 is 0 Å². The molecule has 1 saturated heterocycles. The monoisotopic (exact) mass is 389 g/mol. The molecule has 154 valence electrons. The fraction of sp³-hybridized carbons (Fsp3) is 0.667. The van der Waals surface area contributed by atoms with Gasteiger partial charge in [0, 0.05) is 24.0 Å². The molecule has 0 amide bonds. The van der Waals surface area contributed by atoms with E-state index in [9.17, 15) is 4.79 Å². The molecule has 0 aliphatic carbocycles. The Balaban J connectivity index is 1.96. The summed E-state index contributed by atoms with van der Waals surface area (Å²) in [5, 5.41) is 3.53. The standard InChI is InChI=1S/C21H31N3O4/c1-4-18-15(2)16(3)19(28-20(25)17-11-7-5-8-12-17)21(27-18)26-14-10-6-9-13-23-24-22/h5,7-8,11-12,15-16,18-19,21H,4,6,9-10,13-14H2,1-3H3/t15-,16-,18?,19?,21-/m0/s1. The Morgan fingerprint density at radius 2 is 1.93 bits per heavy atom. The lowest BCUT2D eigenvalue weighted by Crippen LogP contribution is -2.52. The van der Waals surface area contributed by atoms with Crippen LogP contribution < -0.4 is 0 Å². The number of carbonyl (C=O) groups is 1. The van der Waals surface area contributed by atoms with Crippen LogP contribution in [0.25, 0.3) is 10.4 Å². The molecule has 0 N–H and O–H groups in total. The van der Waals surface area contributed by atoms with Gasteiger partial charge >= 0.3 is 5.97 Å². The van der Waals surface area contributed by atoms with Crippen molar-refractivity contribution >= 4 is 5.97 Å². The first-order valence-electron chi connectivity index (χ1n) is 10.1. The summed E-state index contributed by atoms with van der Waals surface area (Å²) in [5.41, 5.74) is 8.82. The predicted molar refractivity (Wildman–Crippen MR) is 107 cm³/mol. The maximum Gasteiger partial charge on any atom is 0.338 e. The highest BCUT2D eigenvalue weighted by Crippen LogP contribution is 2.35. The van der Waals surface area contributed by atoms with Crippen molar-refractivity contribution in [3.63, 3.8) is 0 Å². The van der Waals surface area contributed by atoms with Gasteiger partial charge in [0.05, 0.1) is 11.7 Å². The molecule has 5 atom stereocenters. The maximum atomic E-state index is 12.6. The Kier molecular flexibility index (Phi) is 9.28. The minimum absolute atomic E-state index is 0.0802. The van der Waals surface area contributed by atoms with E-state index >= 15 is 0 Å². The van der Waals surface area contributed by atoms with Crippen LogP contribution in [0, 0.1) is 11.8 Å². The van der Waals surface area contributed by atoms with Crippen LogP contribution in [-0.2, 0) is 14.2 Å². The van der Waals surface area contributed by atoms with Crippen molar-refractivity contribution in [1.29, 1.82) is 0 Å². The second-order valence-corrected chi connectivity index (χ2v) is 7.29. The van der Waals surface area contributed by atoms with Crippen molar-refractivity contribution in [2.24, 2.45) is 17.0 Å². The number of rotatable bonds is 10. The van der Waals surface area contributed by atoms with E-state index in [0.717, 1.165) is 25.7 Å². The van der Waals surface area contributed by atoms with Gasteiger partial charge in [0.25, 0.3) is 0 Å². The van der Waals surface area contributed by atoms with Gasteiger partial charge in [-0.3, -0.25) is 0 Å². The molecule has 1 aromatic rings. The van der Waals surface area contributed by atoms with Gasteiger partial charge in [-0.1, -0.05) is 50.5 Å². The molecule has 7 nitrogen and oxygen atoms in total. The number of nitrogens with zero attached hydrogens (tertiary/aromatic N) is 3. The van der Waals surface area contributed by atoms with Gasteiger partial charge < -0.3 is 14.2 Å². The molecule has 0 aromatic heterocycles. The molecule has 0 spiro atoms. The molecule has 1 fully saturated rings. The third-order valence-electron chi connectivity index (χ3n) is 5.41. The van der Waals surface area contributed by atoms with E-state index in [1.807, 2.05) is 18.2 Å². The van der Waals surface area contributed by atoms with Crippen LogP contribution in [-0.4, -0.2) is 37.6 Å². The molecular weight excluding hydrogens is 358 g/mol. The van der Waals surface area contributed by atoms with Crippen LogP contribution in [0.5, 0.6) is 0 Å². The number of azide groups is 1. The Morgan fingerprint density at radius 1 is 1.18 bits per heavy atom. The van der Waals surface area contributed by atoms with E-state index in [1.165, 1.54) is 0 Å². The maximum absolute atomic E-state index is 12.6. The third-order valence-corrected chi connectivity index (χ3v) is 5.41. The van der Waals surface area contributed by atoms with E-state index in [-0.39, 0.29) is 23.9 Å². The summed E-state index contributed by atoms with van der Waals surface area (Å²) in [5.74, 6) is 0.0368. The summed E-state index contributed by atoms with van der Waals surface area (Å²) in [6.45, 7) is 7.33. The average molecular weight is 389 g/mol. The van der Waals surface area contributed by atoms with E-state index < -0.39 is 12.4 Å². The fourth-order valence-corrected chi connectivity index (χ4v) is 3.50. The molecule has 0 saturated carbocycles. The number of carbonyl (C=O) groups excluding carboxylic acids is 1. The van der Waals surface area contributed by atoms with Crippen molar-refractivity contribution in [3.8, 4) is 0 Å². The van der Waals surface area contributed by atoms with E-state index in [4.69, 9.17) is 19.7 Å². The second-order valence-electron chi connectivity index (χ2n) is 7.29. The van der Waals surface area contributed by atoms with Gasteiger partial charge in [-0.25, -0.2) is 4.79 Å². The predicted octanol–water partition coefficient (Wildman–Crippen LogP) is 5.12. The normalized spacial score (nSPS) is 27.0. The highest BCUT2D eigenvalue weighted by atomic mass is 16.7. The summed E-state index contributed by atoms with van der Waals surface area (Å²) >= 11 is 0. The van der Waals surface area contributed by atoms with Crippen LogP contribution in [0.1, 0.15) is 56.8 Å². The molecule has 0 bridgehead atoms. The Labute approximate surface area is 167 Å². The zero-order valence-electron chi connectivity index (χ0n) is 17.0. The zero-order valence-corrected chi connectivity index (χ0v) is 17.0. The smallest absolute Gasteiger partial charge is 0.338 e. The van der Waals surface area contributed by atoms with Gasteiger partial charge in [0.15, 0.2) is 12.4 Å². The number of benzene rings is 1. The van der Waals surface area contributed by atoms with Gasteiger partial charge in [0.2, 0.25) is 0 Å². The molecule has 0 radical (unpaired) electrons. The lowest BCUT2D eigenvalue weighted by Gasteiger charge is -2.43. The first-order valence-corrected chi connectivity index (χ1v) is 10.1. The van der Waals surface area contributed by atoms with Gasteiger partial charge in [-0.15, -0.1) is 0 Å². The van der Waals surface area contributed by atoms with Crippen molar-refractivity contribution in [3.05, 3.63) is 46.3 Å². The van der Waals surface area contributed by atoms with E-state index in [1.54, 1.807) is 12.1 Å². The van der Waals surface area contributed by atoms with Crippen molar-refractivity contribution in [1.82, 2.24) is 0 Å². The number of unbranched alkanes of at least 4 members (excludes halogenated alkanes) is 2. The van der Waals surface area contributed by atoms with Crippen LogP contribution in [0.2, 0.25) is 0 Å². The molecule has 7 heteroatoms. The SMILES string of the molecule is CCC1O[C@H](OCCCCCN=[N+]=[N-])C(OC(=O)c2ccccc2)[C@@H](C)[C@@H]1C. The summed E-state index contributed by atoms with van der Waals surface area (Å²) in [4.78, 5) is 15.3. The summed E-state index contributed by atoms with van der Waals surface area (Å²) in [6.07, 6.45) is 2.52. The molecular formula is C21H31N3O4. The number of hydrogen-bond donors (Lipinski definition) is 0. The Hall–Kier alpha value is -2.08. The highest BCUT2D eigenvalue weighted by molar-refractivity contribution is 5.89. The minimum Gasteiger partial charge on any atom is -0.453 e. The summed E-state index contributed by atoms with van der Waals surface area (Å²) < 4.78 is 18.0.